The van der Waals surface area contributed by atoms with Gasteiger partial charge < -0.3 is 15.5 Å². The topological polar surface area (TPSA) is 86.6 Å². The van der Waals surface area contributed by atoms with Crippen LogP contribution in [0.5, 0.6) is 0 Å². The summed E-state index contributed by atoms with van der Waals surface area (Å²) in [5, 5.41) is 22.8. The third kappa shape index (κ3) is 3.24. The van der Waals surface area contributed by atoms with Gasteiger partial charge in [-0.3, -0.25) is 0 Å². The second-order valence-corrected chi connectivity index (χ2v) is 5.65. The van der Waals surface area contributed by atoms with Crippen molar-refractivity contribution in [1.29, 1.82) is 0 Å². The number of hydrogen-bond donors (Lipinski definition) is 3. The Morgan fingerprint density at radius 1 is 1.00 bits per heavy atom. The van der Waals surface area contributed by atoms with Gasteiger partial charge in [0, 0.05) is 16.4 Å². The predicted octanol–water partition coefficient (Wildman–Crippen LogP) is 3.52. The molecule has 0 saturated heterocycles. The van der Waals surface area contributed by atoms with Crippen LogP contribution in [0.3, 0.4) is 0 Å². The molecule has 3 N–H and O–H groups in total. The molecule has 0 aliphatic carbocycles. The molecular weight excluding hydrogens is 318 g/mol. The lowest BCUT2D eigenvalue weighted by atomic mass is 9.79. The molecule has 0 radical (unpaired) electrons. The first-order valence-corrected chi connectivity index (χ1v) is 7.73. The minimum absolute atomic E-state index is 0.0735. The van der Waals surface area contributed by atoms with Gasteiger partial charge in [0.15, 0.2) is 0 Å². The Kier molecular flexibility index (Phi) is 5.11. The number of hydrogen-bond acceptors (Lipinski definition) is 3. The van der Waals surface area contributed by atoms with Crippen LogP contribution >= 0.6 is 11.6 Å². The number of dihydropyridines is 1. The number of rotatable bonds is 5. The van der Waals surface area contributed by atoms with Crippen molar-refractivity contribution in [3.63, 3.8) is 0 Å². The lowest BCUT2D eigenvalue weighted by molar-refractivity contribution is -0.133. The Hall–Kier alpha value is -2.27. The molecule has 0 aromatic heterocycles. The lowest BCUT2D eigenvalue weighted by Gasteiger charge is -2.30. The summed E-state index contributed by atoms with van der Waals surface area (Å²) in [7, 11) is 0. The van der Waals surface area contributed by atoms with Crippen molar-refractivity contribution in [1.82, 2.24) is 5.32 Å². The third-order valence-electron chi connectivity index (χ3n) is 3.90. The van der Waals surface area contributed by atoms with E-state index in [1.165, 1.54) is 0 Å². The van der Waals surface area contributed by atoms with Crippen molar-refractivity contribution < 1.29 is 19.8 Å². The van der Waals surface area contributed by atoms with Gasteiger partial charge in [0.1, 0.15) is 0 Å². The average Bonchev–Trinajstić information content (AvgIpc) is 2.53. The molecule has 1 aromatic carbocycles. The van der Waals surface area contributed by atoms with Crippen LogP contribution in [0.1, 0.15) is 38.2 Å². The Balaban J connectivity index is 2.73. The Bertz CT molecular complexity index is 666. The number of aliphatic carboxylic acids is 2. The molecule has 2 rings (SSSR count). The normalized spacial score (nSPS) is 15.6. The second kappa shape index (κ2) is 6.87. The molecule has 0 saturated carbocycles. The van der Waals surface area contributed by atoms with E-state index in [2.05, 4.69) is 5.32 Å². The van der Waals surface area contributed by atoms with Crippen LogP contribution in [-0.2, 0) is 9.59 Å². The van der Waals surface area contributed by atoms with E-state index in [0.717, 1.165) is 0 Å². The van der Waals surface area contributed by atoms with E-state index in [-0.39, 0.29) is 11.1 Å². The SMILES string of the molecule is CCC1=C(C(=O)O)C(c2ccc(Cl)cc2)C(C(=O)O)=C(CC)N1. The number of halogens is 1. The van der Waals surface area contributed by atoms with Crippen LogP contribution < -0.4 is 5.32 Å². The van der Waals surface area contributed by atoms with Crippen LogP contribution in [0, 0.1) is 0 Å². The zero-order chi connectivity index (χ0) is 17.1. The van der Waals surface area contributed by atoms with E-state index >= 15 is 0 Å². The fourth-order valence-electron chi connectivity index (χ4n) is 2.86. The Labute approximate surface area is 139 Å². The minimum Gasteiger partial charge on any atom is -0.478 e. The smallest absolute Gasteiger partial charge is 0.334 e. The first-order chi connectivity index (χ1) is 10.9. The number of benzene rings is 1. The largest absolute Gasteiger partial charge is 0.478 e. The molecule has 0 fully saturated rings. The summed E-state index contributed by atoms with van der Waals surface area (Å²) < 4.78 is 0. The van der Waals surface area contributed by atoms with Gasteiger partial charge in [0.25, 0.3) is 0 Å². The lowest BCUT2D eigenvalue weighted by Crippen LogP contribution is -2.32. The third-order valence-corrected chi connectivity index (χ3v) is 4.15. The van der Waals surface area contributed by atoms with Crippen molar-refractivity contribution in [3.05, 3.63) is 57.4 Å². The van der Waals surface area contributed by atoms with E-state index in [0.29, 0.717) is 34.8 Å². The highest BCUT2D eigenvalue weighted by atomic mass is 35.5. The molecule has 1 aliphatic rings. The summed E-state index contributed by atoms with van der Waals surface area (Å²) in [6, 6.07) is 6.61. The standard InChI is InChI=1S/C17H18ClNO4/c1-3-11-14(16(20)21)13(9-5-7-10(18)8-6-9)15(17(22)23)12(4-2)19-11/h5-8,13,19H,3-4H2,1-2H3,(H,20,21)(H,22,23). The summed E-state index contributed by atoms with van der Waals surface area (Å²) in [4.78, 5) is 23.6. The zero-order valence-electron chi connectivity index (χ0n) is 12.9. The van der Waals surface area contributed by atoms with Crippen molar-refractivity contribution in [2.75, 3.05) is 0 Å². The van der Waals surface area contributed by atoms with Gasteiger partial charge in [-0.2, -0.15) is 0 Å². The van der Waals surface area contributed by atoms with Crippen molar-refractivity contribution in [2.45, 2.75) is 32.6 Å². The van der Waals surface area contributed by atoms with Gasteiger partial charge in [-0.05, 0) is 30.5 Å². The van der Waals surface area contributed by atoms with Gasteiger partial charge in [-0.15, -0.1) is 0 Å². The molecule has 23 heavy (non-hydrogen) atoms. The number of allylic oxidation sites excluding steroid dienone is 2. The zero-order valence-corrected chi connectivity index (χ0v) is 13.6. The maximum absolute atomic E-state index is 11.8. The first kappa shape index (κ1) is 17.1. The highest BCUT2D eigenvalue weighted by Crippen LogP contribution is 2.39. The van der Waals surface area contributed by atoms with Gasteiger partial charge in [0.2, 0.25) is 0 Å². The molecule has 0 bridgehead atoms. The fraction of sp³-hybridized carbons (Fsp3) is 0.294. The first-order valence-electron chi connectivity index (χ1n) is 7.35. The molecule has 1 aromatic rings. The maximum Gasteiger partial charge on any atom is 0.334 e. The number of nitrogens with one attached hydrogen (secondary N) is 1. The molecule has 0 spiro atoms. The minimum atomic E-state index is -1.12. The molecule has 122 valence electrons. The summed E-state index contributed by atoms with van der Waals surface area (Å²) >= 11 is 5.89. The Morgan fingerprint density at radius 3 is 1.78 bits per heavy atom. The van der Waals surface area contributed by atoms with Crippen molar-refractivity contribution in [3.8, 4) is 0 Å². The van der Waals surface area contributed by atoms with Crippen LogP contribution in [0.15, 0.2) is 46.8 Å². The summed E-state index contributed by atoms with van der Waals surface area (Å²) in [5.74, 6) is -3.07. The second-order valence-electron chi connectivity index (χ2n) is 5.21. The molecular formula is C17H18ClNO4. The van der Waals surface area contributed by atoms with Gasteiger partial charge >= 0.3 is 11.9 Å². The van der Waals surface area contributed by atoms with Crippen LogP contribution in [0.4, 0.5) is 0 Å². The monoisotopic (exact) mass is 335 g/mol. The summed E-state index contributed by atoms with van der Waals surface area (Å²) in [6.07, 6.45) is 0.949. The maximum atomic E-state index is 11.8. The van der Waals surface area contributed by atoms with E-state index in [9.17, 15) is 19.8 Å². The van der Waals surface area contributed by atoms with E-state index in [4.69, 9.17) is 11.6 Å². The fourth-order valence-corrected chi connectivity index (χ4v) is 2.99. The van der Waals surface area contributed by atoms with E-state index in [1.807, 2.05) is 13.8 Å². The molecule has 6 heteroatoms. The Morgan fingerprint density at radius 2 is 1.43 bits per heavy atom. The van der Waals surface area contributed by atoms with Crippen molar-refractivity contribution >= 4 is 23.5 Å². The van der Waals surface area contributed by atoms with Crippen LogP contribution in [0.2, 0.25) is 5.02 Å². The van der Waals surface area contributed by atoms with Gasteiger partial charge in [-0.25, -0.2) is 9.59 Å². The van der Waals surface area contributed by atoms with Crippen LogP contribution in [0.25, 0.3) is 0 Å². The number of carboxylic acid groups (broad SMARTS) is 2. The molecule has 1 aliphatic heterocycles. The molecule has 5 nitrogen and oxygen atoms in total. The predicted molar refractivity (Wildman–Crippen MR) is 87.2 cm³/mol. The summed E-state index contributed by atoms with van der Waals surface area (Å²) in [5.41, 5.74) is 1.83. The molecule has 0 atom stereocenters. The van der Waals surface area contributed by atoms with E-state index in [1.54, 1.807) is 24.3 Å². The van der Waals surface area contributed by atoms with Gasteiger partial charge in [-0.1, -0.05) is 37.6 Å². The molecule has 0 unspecified atom stereocenters. The molecule has 1 heterocycles. The average molecular weight is 336 g/mol. The van der Waals surface area contributed by atoms with E-state index < -0.39 is 17.9 Å². The highest BCUT2D eigenvalue weighted by molar-refractivity contribution is 6.30. The van der Waals surface area contributed by atoms with Crippen LogP contribution in [-0.4, -0.2) is 22.2 Å². The molecule has 0 amide bonds. The quantitative estimate of drug-likeness (QED) is 0.766. The number of carboxylic acids is 2. The number of carbonyl (C=O) groups is 2. The van der Waals surface area contributed by atoms with Crippen molar-refractivity contribution in [2.24, 2.45) is 0 Å². The summed E-state index contributed by atoms with van der Waals surface area (Å²) in [6.45, 7) is 3.67. The highest BCUT2D eigenvalue weighted by Gasteiger charge is 2.37. The van der Waals surface area contributed by atoms with Gasteiger partial charge in [0.05, 0.1) is 17.1 Å².